The summed E-state index contributed by atoms with van der Waals surface area (Å²) in [4.78, 5) is 16.0. The van der Waals surface area contributed by atoms with Gasteiger partial charge in [-0.25, -0.2) is 0 Å². The Labute approximate surface area is 181 Å². The number of aromatic nitrogens is 3. The molecule has 164 valence electrons. The van der Waals surface area contributed by atoms with Crippen LogP contribution in [0.3, 0.4) is 0 Å². The van der Waals surface area contributed by atoms with Crippen molar-refractivity contribution in [1.29, 1.82) is 0 Å². The van der Waals surface area contributed by atoms with Crippen LogP contribution in [0.1, 0.15) is 48.8 Å². The fraction of sp³-hybridized carbons (Fsp3) is 0.609. The minimum Gasteiger partial charge on any atom is -0.354 e. The first-order valence-corrected chi connectivity index (χ1v) is 11.2. The monoisotopic (exact) mass is 411 g/mol. The summed E-state index contributed by atoms with van der Waals surface area (Å²) >= 11 is 0. The minimum absolute atomic E-state index is 0.601. The molecule has 0 atom stereocenters. The number of nitrogens with one attached hydrogen (secondary N) is 3. The van der Waals surface area contributed by atoms with Gasteiger partial charge in [-0.05, 0) is 63.4 Å². The van der Waals surface area contributed by atoms with E-state index >= 15 is 0 Å². The second kappa shape index (κ2) is 11.1. The Balaban J connectivity index is 1.68. The van der Waals surface area contributed by atoms with E-state index in [2.05, 4.69) is 81.9 Å². The Kier molecular flexibility index (Phi) is 8.25. The van der Waals surface area contributed by atoms with Gasteiger partial charge in [0.1, 0.15) is 0 Å². The molecule has 3 N–H and O–H groups in total. The minimum atomic E-state index is 0.601. The van der Waals surface area contributed by atoms with Gasteiger partial charge in [-0.3, -0.25) is 0 Å². The van der Waals surface area contributed by atoms with E-state index in [0.29, 0.717) is 30.3 Å². The van der Waals surface area contributed by atoms with Gasteiger partial charge in [0.25, 0.3) is 0 Å². The Morgan fingerprint density at radius 3 is 2.27 bits per heavy atom. The molecule has 2 aromatic rings. The zero-order valence-electron chi connectivity index (χ0n) is 19.0. The molecular weight excluding hydrogens is 374 g/mol. The van der Waals surface area contributed by atoms with E-state index in [9.17, 15) is 0 Å². The lowest BCUT2D eigenvalue weighted by Crippen LogP contribution is -2.23. The SMILES string of the molecule is Cc1cccc(CNc2nc(NCCN(C)C)nc(NCC3CCCCC3)n2)c1C. The summed E-state index contributed by atoms with van der Waals surface area (Å²) in [7, 11) is 4.12. The Morgan fingerprint density at radius 2 is 1.57 bits per heavy atom. The van der Waals surface area contributed by atoms with Crippen LogP contribution in [0, 0.1) is 19.8 Å². The second-order valence-electron chi connectivity index (χ2n) is 8.63. The fourth-order valence-corrected chi connectivity index (χ4v) is 3.81. The molecule has 3 rings (SSSR count). The molecule has 1 heterocycles. The number of likely N-dealkylation sites (N-methyl/N-ethyl adjacent to an activating group) is 1. The predicted molar refractivity (Wildman–Crippen MR) is 125 cm³/mol. The van der Waals surface area contributed by atoms with Gasteiger partial charge in [0, 0.05) is 26.2 Å². The Morgan fingerprint density at radius 1 is 0.900 bits per heavy atom. The van der Waals surface area contributed by atoms with Crippen LogP contribution in [-0.4, -0.2) is 53.6 Å². The van der Waals surface area contributed by atoms with Crippen LogP contribution in [0.5, 0.6) is 0 Å². The molecule has 30 heavy (non-hydrogen) atoms. The van der Waals surface area contributed by atoms with Gasteiger partial charge in [0.2, 0.25) is 17.8 Å². The van der Waals surface area contributed by atoms with Crippen molar-refractivity contribution in [1.82, 2.24) is 19.9 Å². The van der Waals surface area contributed by atoms with Crippen molar-refractivity contribution in [2.75, 3.05) is 49.7 Å². The van der Waals surface area contributed by atoms with Crippen LogP contribution in [0.4, 0.5) is 17.8 Å². The first-order valence-electron chi connectivity index (χ1n) is 11.2. The van der Waals surface area contributed by atoms with Gasteiger partial charge in [-0.1, -0.05) is 37.5 Å². The number of hydrogen-bond donors (Lipinski definition) is 3. The van der Waals surface area contributed by atoms with Crippen LogP contribution in [0.2, 0.25) is 0 Å². The van der Waals surface area contributed by atoms with Crippen molar-refractivity contribution >= 4 is 17.8 Å². The van der Waals surface area contributed by atoms with Crippen LogP contribution in [0.15, 0.2) is 18.2 Å². The van der Waals surface area contributed by atoms with Crippen molar-refractivity contribution in [3.8, 4) is 0 Å². The van der Waals surface area contributed by atoms with Crippen LogP contribution < -0.4 is 16.0 Å². The van der Waals surface area contributed by atoms with E-state index in [0.717, 1.165) is 19.6 Å². The Hall–Kier alpha value is -2.41. The predicted octanol–water partition coefficient (Wildman–Crippen LogP) is 4.07. The van der Waals surface area contributed by atoms with Crippen LogP contribution >= 0.6 is 0 Å². The number of nitrogens with zero attached hydrogens (tertiary/aromatic N) is 4. The Bertz CT molecular complexity index is 800. The van der Waals surface area contributed by atoms with Gasteiger partial charge < -0.3 is 20.9 Å². The summed E-state index contributed by atoms with van der Waals surface area (Å²) in [5.74, 6) is 2.57. The number of aryl methyl sites for hydroxylation is 1. The molecule has 0 unspecified atom stereocenters. The van der Waals surface area contributed by atoms with Crippen molar-refractivity contribution in [3.63, 3.8) is 0 Å². The van der Waals surface area contributed by atoms with Crippen molar-refractivity contribution in [2.24, 2.45) is 5.92 Å². The molecule has 0 radical (unpaired) electrons. The summed E-state index contributed by atoms with van der Waals surface area (Å²) in [6.07, 6.45) is 6.63. The summed E-state index contributed by atoms with van der Waals surface area (Å²) in [5.41, 5.74) is 3.86. The van der Waals surface area contributed by atoms with Crippen molar-refractivity contribution in [2.45, 2.75) is 52.5 Å². The standard InChI is InChI=1S/C23H37N7/c1-17-9-8-12-20(18(17)2)16-26-23-28-21(24-13-14-30(3)4)27-22(29-23)25-15-19-10-6-5-7-11-19/h8-9,12,19H,5-7,10-11,13-16H2,1-4H3,(H3,24,25,26,27,28,29). The molecule has 0 saturated heterocycles. The smallest absolute Gasteiger partial charge is 0.229 e. The van der Waals surface area contributed by atoms with Gasteiger partial charge >= 0.3 is 0 Å². The highest BCUT2D eigenvalue weighted by atomic mass is 15.3. The topological polar surface area (TPSA) is 78.0 Å². The lowest BCUT2D eigenvalue weighted by atomic mass is 9.89. The molecule has 1 fully saturated rings. The highest BCUT2D eigenvalue weighted by molar-refractivity contribution is 5.43. The fourth-order valence-electron chi connectivity index (χ4n) is 3.81. The maximum atomic E-state index is 4.63. The van der Waals surface area contributed by atoms with Crippen LogP contribution in [0.25, 0.3) is 0 Å². The third-order valence-corrected chi connectivity index (χ3v) is 5.90. The van der Waals surface area contributed by atoms with E-state index in [1.165, 1.54) is 48.8 Å². The molecule has 0 amide bonds. The average Bonchev–Trinajstić information content (AvgIpc) is 2.74. The van der Waals surface area contributed by atoms with Crippen LogP contribution in [-0.2, 0) is 6.54 Å². The molecule has 1 aromatic heterocycles. The number of benzene rings is 1. The molecular formula is C23H37N7. The zero-order chi connectivity index (χ0) is 21.3. The van der Waals surface area contributed by atoms with E-state index < -0.39 is 0 Å². The lowest BCUT2D eigenvalue weighted by Gasteiger charge is -2.22. The van der Waals surface area contributed by atoms with Gasteiger partial charge in [0.05, 0.1) is 0 Å². The molecule has 0 bridgehead atoms. The molecule has 1 aromatic carbocycles. The molecule has 0 aliphatic heterocycles. The molecule has 0 spiro atoms. The third kappa shape index (κ3) is 6.83. The normalized spacial score (nSPS) is 14.7. The van der Waals surface area contributed by atoms with Gasteiger partial charge in [-0.15, -0.1) is 0 Å². The lowest BCUT2D eigenvalue weighted by molar-refractivity contribution is 0.373. The largest absolute Gasteiger partial charge is 0.354 e. The molecule has 1 aliphatic rings. The average molecular weight is 412 g/mol. The summed E-state index contributed by atoms with van der Waals surface area (Å²) in [6.45, 7) is 7.62. The summed E-state index contributed by atoms with van der Waals surface area (Å²) < 4.78 is 0. The molecule has 7 heteroatoms. The van der Waals surface area contributed by atoms with E-state index in [-0.39, 0.29) is 0 Å². The number of hydrogen-bond acceptors (Lipinski definition) is 7. The second-order valence-corrected chi connectivity index (χ2v) is 8.63. The molecule has 1 aliphatic carbocycles. The van der Waals surface area contributed by atoms with Crippen molar-refractivity contribution < 1.29 is 0 Å². The van der Waals surface area contributed by atoms with Gasteiger partial charge in [-0.2, -0.15) is 15.0 Å². The quantitative estimate of drug-likeness (QED) is 0.544. The summed E-state index contributed by atoms with van der Waals surface area (Å²) in [5, 5.41) is 10.2. The van der Waals surface area contributed by atoms with E-state index in [1.54, 1.807) is 0 Å². The zero-order valence-corrected chi connectivity index (χ0v) is 19.0. The number of anilines is 3. The number of rotatable bonds is 10. The van der Waals surface area contributed by atoms with Crippen molar-refractivity contribution in [3.05, 3.63) is 34.9 Å². The highest BCUT2D eigenvalue weighted by Gasteiger charge is 2.14. The highest BCUT2D eigenvalue weighted by Crippen LogP contribution is 2.24. The third-order valence-electron chi connectivity index (χ3n) is 5.90. The maximum Gasteiger partial charge on any atom is 0.229 e. The van der Waals surface area contributed by atoms with Gasteiger partial charge in [0.15, 0.2) is 0 Å². The van der Waals surface area contributed by atoms with E-state index in [1.807, 2.05) is 0 Å². The maximum absolute atomic E-state index is 4.63. The first kappa shape index (κ1) is 22.3. The van der Waals surface area contributed by atoms with E-state index in [4.69, 9.17) is 0 Å². The summed E-state index contributed by atoms with van der Waals surface area (Å²) in [6, 6.07) is 6.38. The first-order chi connectivity index (χ1) is 14.5. The molecule has 1 saturated carbocycles. The molecule has 7 nitrogen and oxygen atoms in total.